The molecule has 0 saturated heterocycles. The van der Waals surface area contributed by atoms with E-state index in [-0.39, 0.29) is 5.91 Å². The number of carbonyl (C=O) groups is 1. The van der Waals surface area contributed by atoms with Gasteiger partial charge >= 0.3 is 0 Å². The van der Waals surface area contributed by atoms with Gasteiger partial charge in [0.05, 0.1) is 23.7 Å². The van der Waals surface area contributed by atoms with E-state index in [0.717, 1.165) is 5.56 Å². The number of nitrogens with one attached hydrogen (secondary N) is 1. The molecule has 0 aliphatic rings. The molecule has 3 N–H and O–H groups in total. The molecule has 108 valence electrons. The first kappa shape index (κ1) is 16.0. The molecule has 0 bridgehead atoms. The number of nitriles is 1. The van der Waals surface area contributed by atoms with Gasteiger partial charge in [-0.2, -0.15) is 5.26 Å². The van der Waals surface area contributed by atoms with Gasteiger partial charge in [-0.1, -0.05) is 25.5 Å². The number of nitrogens with zero attached hydrogens (tertiary/aromatic N) is 2. The number of hydrogen-bond donors (Lipinski definition) is 2. The van der Waals surface area contributed by atoms with Crippen LogP contribution in [0.5, 0.6) is 0 Å². The largest absolute Gasteiger partial charge is 0.337 e. The van der Waals surface area contributed by atoms with Crippen LogP contribution in [0.3, 0.4) is 0 Å². The fourth-order valence-electron chi connectivity index (χ4n) is 2.03. The van der Waals surface area contributed by atoms with Crippen LogP contribution >= 0.6 is 0 Å². The molecule has 0 saturated carbocycles. The van der Waals surface area contributed by atoms with E-state index in [1.54, 1.807) is 11.0 Å². The van der Waals surface area contributed by atoms with Crippen LogP contribution in [-0.2, 0) is 0 Å². The van der Waals surface area contributed by atoms with Gasteiger partial charge in [0.15, 0.2) is 0 Å². The summed E-state index contributed by atoms with van der Waals surface area (Å²) < 4.78 is 0. The number of hydrogen-bond acceptors (Lipinski definition) is 4. The summed E-state index contributed by atoms with van der Waals surface area (Å²) in [6.45, 7) is 7.08. The molecule has 1 amide bonds. The van der Waals surface area contributed by atoms with Crippen LogP contribution in [-0.4, -0.2) is 23.9 Å². The number of rotatable bonds is 6. The Bertz CT molecular complexity index is 505. The molecule has 0 aliphatic heterocycles. The number of anilines is 1. The van der Waals surface area contributed by atoms with Crippen molar-refractivity contribution < 1.29 is 4.79 Å². The summed E-state index contributed by atoms with van der Waals surface area (Å²) in [6.07, 6.45) is 0.329. The standard InChI is InChI=1S/C15H22N4O/c1-11(2)10-19(8-4-7-16)15(20)13-9-12(3)5-6-14(13)18-17/h5-6,9,11,18H,4,8,10,17H2,1-3H3. The van der Waals surface area contributed by atoms with Crippen LogP contribution < -0.4 is 11.3 Å². The Morgan fingerprint density at radius 2 is 2.20 bits per heavy atom. The predicted octanol–water partition coefficient (Wildman–Crippen LogP) is 2.29. The summed E-state index contributed by atoms with van der Waals surface area (Å²) >= 11 is 0. The second kappa shape index (κ2) is 7.51. The quantitative estimate of drug-likeness (QED) is 0.616. The molecule has 5 heteroatoms. The highest BCUT2D eigenvalue weighted by molar-refractivity contribution is 5.99. The topological polar surface area (TPSA) is 82.2 Å². The Kier molecular flexibility index (Phi) is 6.01. The van der Waals surface area contributed by atoms with Gasteiger partial charge in [0, 0.05) is 13.1 Å². The molecule has 0 heterocycles. The molecule has 1 aromatic carbocycles. The van der Waals surface area contributed by atoms with E-state index >= 15 is 0 Å². The highest BCUT2D eigenvalue weighted by Gasteiger charge is 2.19. The Morgan fingerprint density at radius 1 is 1.50 bits per heavy atom. The Morgan fingerprint density at radius 3 is 2.75 bits per heavy atom. The first-order valence-electron chi connectivity index (χ1n) is 6.73. The first-order valence-corrected chi connectivity index (χ1v) is 6.73. The fraction of sp³-hybridized carbons (Fsp3) is 0.467. The highest BCUT2D eigenvalue weighted by atomic mass is 16.2. The molecule has 20 heavy (non-hydrogen) atoms. The van der Waals surface area contributed by atoms with Crippen molar-refractivity contribution in [1.82, 2.24) is 4.90 Å². The molecule has 1 rings (SSSR count). The third-order valence-electron chi connectivity index (χ3n) is 2.93. The van der Waals surface area contributed by atoms with Crippen LogP contribution in [0.4, 0.5) is 5.69 Å². The van der Waals surface area contributed by atoms with Gasteiger partial charge in [-0.25, -0.2) is 0 Å². The summed E-state index contributed by atoms with van der Waals surface area (Å²) in [5.41, 5.74) is 4.70. The van der Waals surface area contributed by atoms with Crippen molar-refractivity contribution >= 4 is 11.6 Å². The summed E-state index contributed by atoms with van der Waals surface area (Å²) in [5, 5.41) is 8.73. The number of aryl methyl sites for hydroxylation is 1. The van der Waals surface area contributed by atoms with E-state index in [2.05, 4.69) is 11.5 Å². The fourth-order valence-corrected chi connectivity index (χ4v) is 2.03. The number of hydrazine groups is 1. The van der Waals surface area contributed by atoms with Gasteiger partial charge in [-0.15, -0.1) is 0 Å². The second-order valence-electron chi connectivity index (χ2n) is 5.25. The summed E-state index contributed by atoms with van der Waals surface area (Å²) in [4.78, 5) is 14.4. The van der Waals surface area contributed by atoms with Crippen molar-refractivity contribution in [2.24, 2.45) is 11.8 Å². The third kappa shape index (κ3) is 4.25. The molecule has 0 atom stereocenters. The third-order valence-corrected chi connectivity index (χ3v) is 2.93. The lowest BCUT2D eigenvalue weighted by atomic mass is 10.1. The maximum atomic E-state index is 12.6. The zero-order valence-electron chi connectivity index (χ0n) is 12.3. The Labute approximate surface area is 120 Å². The summed E-state index contributed by atoms with van der Waals surface area (Å²) in [7, 11) is 0. The number of nitrogen functional groups attached to an aromatic ring is 1. The van der Waals surface area contributed by atoms with Crippen molar-refractivity contribution in [3.63, 3.8) is 0 Å². The van der Waals surface area contributed by atoms with Crippen LogP contribution in [0.1, 0.15) is 36.2 Å². The van der Waals surface area contributed by atoms with Gasteiger partial charge in [0.1, 0.15) is 0 Å². The average Bonchev–Trinajstić information content (AvgIpc) is 2.42. The maximum Gasteiger partial charge on any atom is 0.256 e. The minimum Gasteiger partial charge on any atom is -0.337 e. The molecule has 0 fully saturated rings. The van der Waals surface area contributed by atoms with E-state index < -0.39 is 0 Å². The zero-order chi connectivity index (χ0) is 15.1. The lowest BCUT2D eigenvalue weighted by Gasteiger charge is -2.25. The van der Waals surface area contributed by atoms with E-state index in [1.165, 1.54) is 0 Å². The van der Waals surface area contributed by atoms with Crippen molar-refractivity contribution in [2.75, 3.05) is 18.5 Å². The van der Waals surface area contributed by atoms with E-state index in [1.807, 2.05) is 32.9 Å². The monoisotopic (exact) mass is 274 g/mol. The number of benzene rings is 1. The van der Waals surface area contributed by atoms with Gasteiger partial charge in [0.2, 0.25) is 0 Å². The molecule has 0 unspecified atom stereocenters. The molecule has 0 aliphatic carbocycles. The maximum absolute atomic E-state index is 12.6. The van der Waals surface area contributed by atoms with Crippen molar-refractivity contribution in [2.45, 2.75) is 27.2 Å². The normalized spacial score (nSPS) is 10.2. The van der Waals surface area contributed by atoms with Gasteiger partial charge in [-0.05, 0) is 25.0 Å². The van der Waals surface area contributed by atoms with Gasteiger partial charge in [-0.3, -0.25) is 10.6 Å². The Hall–Kier alpha value is -2.06. The minimum absolute atomic E-state index is 0.0920. The predicted molar refractivity (Wildman–Crippen MR) is 80.0 cm³/mol. The number of nitrogens with two attached hydrogens (primary N) is 1. The van der Waals surface area contributed by atoms with Gasteiger partial charge in [0.25, 0.3) is 5.91 Å². The lowest BCUT2D eigenvalue weighted by Crippen LogP contribution is -2.35. The number of carbonyl (C=O) groups excluding carboxylic acids is 1. The summed E-state index contributed by atoms with van der Waals surface area (Å²) in [5.74, 6) is 5.72. The van der Waals surface area contributed by atoms with Crippen LogP contribution in [0, 0.1) is 24.2 Å². The number of amides is 1. The van der Waals surface area contributed by atoms with Crippen LogP contribution in [0.15, 0.2) is 18.2 Å². The van der Waals surface area contributed by atoms with Crippen molar-refractivity contribution in [1.29, 1.82) is 5.26 Å². The van der Waals surface area contributed by atoms with E-state index in [4.69, 9.17) is 11.1 Å². The van der Waals surface area contributed by atoms with Crippen LogP contribution in [0.2, 0.25) is 0 Å². The van der Waals surface area contributed by atoms with E-state index in [0.29, 0.717) is 36.7 Å². The van der Waals surface area contributed by atoms with Gasteiger partial charge < -0.3 is 10.3 Å². The molecule has 0 spiro atoms. The second-order valence-corrected chi connectivity index (χ2v) is 5.25. The SMILES string of the molecule is Cc1ccc(NN)c(C(=O)N(CCC#N)CC(C)C)c1. The van der Waals surface area contributed by atoms with Crippen molar-refractivity contribution in [3.8, 4) is 6.07 Å². The zero-order valence-corrected chi connectivity index (χ0v) is 12.3. The Balaban J connectivity index is 3.04. The smallest absolute Gasteiger partial charge is 0.256 e. The molecule has 1 aromatic rings. The molecule has 0 aromatic heterocycles. The summed E-state index contributed by atoms with van der Waals surface area (Å²) in [6, 6.07) is 7.59. The molecular weight excluding hydrogens is 252 g/mol. The van der Waals surface area contributed by atoms with E-state index in [9.17, 15) is 4.79 Å². The first-order chi connectivity index (χ1) is 9.49. The van der Waals surface area contributed by atoms with Crippen molar-refractivity contribution in [3.05, 3.63) is 29.3 Å². The molecule has 5 nitrogen and oxygen atoms in total. The highest BCUT2D eigenvalue weighted by Crippen LogP contribution is 2.19. The molecular formula is C15H22N4O. The average molecular weight is 274 g/mol. The molecule has 0 radical (unpaired) electrons. The minimum atomic E-state index is -0.0920. The van der Waals surface area contributed by atoms with Crippen LogP contribution in [0.25, 0.3) is 0 Å². The lowest BCUT2D eigenvalue weighted by molar-refractivity contribution is 0.0741.